The molecular weight excluding hydrogens is 291 g/mol. The second-order valence-electron chi connectivity index (χ2n) is 4.50. The molecule has 0 aliphatic heterocycles. The van der Waals surface area contributed by atoms with E-state index in [4.69, 9.17) is 16.9 Å². The minimum absolute atomic E-state index is 0.0387. The summed E-state index contributed by atoms with van der Waals surface area (Å²) in [6.07, 6.45) is 1.53. The van der Waals surface area contributed by atoms with Crippen molar-refractivity contribution in [1.29, 1.82) is 5.26 Å². The number of aromatic nitrogens is 1. The van der Waals surface area contributed by atoms with Crippen LogP contribution in [0.2, 0.25) is 5.02 Å². The maximum atomic E-state index is 13.5. The molecule has 0 saturated heterocycles. The molecule has 0 radical (unpaired) electrons. The lowest BCUT2D eigenvalue weighted by atomic mass is 10.00. The van der Waals surface area contributed by atoms with E-state index in [1.165, 1.54) is 18.3 Å². The molecule has 3 rings (SSSR count). The van der Waals surface area contributed by atoms with E-state index in [1.807, 2.05) is 0 Å². The number of benzene rings is 2. The second-order valence-corrected chi connectivity index (χ2v) is 4.91. The van der Waals surface area contributed by atoms with Gasteiger partial charge >= 0.3 is 0 Å². The van der Waals surface area contributed by atoms with Crippen LogP contribution in [0.25, 0.3) is 10.9 Å². The maximum absolute atomic E-state index is 13.5. The van der Waals surface area contributed by atoms with Gasteiger partial charge in [0.1, 0.15) is 5.82 Å². The highest BCUT2D eigenvalue weighted by Gasteiger charge is 2.17. The summed E-state index contributed by atoms with van der Waals surface area (Å²) in [7, 11) is 0. The van der Waals surface area contributed by atoms with Crippen LogP contribution in [0.5, 0.6) is 0 Å². The van der Waals surface area contributed by atoms with E-state index >= 15 is 0 Å². The number of halogens is 2. The first-order chi connectivity index (χ1) is 10.1. The standard InChI is InChI=1S/C16H8ClFN2O/c17-12-5-4-9(6-13(12)18)16(21)11-8-20-14-3-1-2-10(7-19)15(11)14/h1-6,8,20H. The quantitative estimate of drug-likeness (QED) is 0.725. The highest BCUT2D eigenvalue weighted by atomic mass is 35.5. The van der Waals surface area contributed by atoms with Crippen molar-refractivity contribution < 1.29 is 9.18 Å². The van der Waals surface area contributed by atoms with Gasteiger partial charge in [-0.15, -0.1) is 0 Å². The Bertz CT molecular complexity index is 908. The van der Waals surface area contributed by atoms with Crippen LogP contribution in [0.15, 0.2) is 42.6 Å². The Morgan fingerprint density at radius 3 is 2.81 bits per heavy atom. The molecule has 0 amide bonds. The number of nitrogens with zero attached hydrogens (tertiary/aromatic N) is 1. The summed E-state index contributed by atoms with van der Waals surface area (Å²) >= 11 is 5.62. The van der Waals surface area contributed by atoms with Crippen LogP contribution >= 0.6 is 11.6 Å². The molecule has 1 aromatic heterocycles. The number of carbonyl (C=O) groups is 1. The first-order valence-electron chi connectivity index (χ1n) is 6.12. The van der Waals surface area contributed by atoms with E-state index < -0.39 is 5.82 Å². The summed E-state index contributed by atoms with van der Waals surface area (Å²) in [6, 6.07) is 11.1. The minimum Gasteiger partial charge on any atom is -0.360 e. The molecule has 102 valence electrons. The SMILES string of the molecule is N#Cc1cccc2[nH]cc(C(=O)c3ccc(Cl)c(F)c3)c12. The summed E-state index contributed by atoms with van der Waals surface area (Å²) in [6.45, 7) is 0. The Kier molecular flexibility index (Phi) is 3.20. The van der Waals surface area contributed by atoms with Gasteiger partial charge in [-0.25, -0.2) is 4.39 Å². The van der Waals surface area contributed by atoms with E-state index in [2.05, 4.69) is 11.1 Å². The van der Waals surface area contributed by atoms with Crippen LogP contribution in [0.3, 0.4) is 0 Å². The van der Waals surface area contributed by atoms with E-state index in [9.17, 15) is 9.18 Å². The zero-order valence-corrected chi connectivity index (χ0v) is 11.4. The molecule has 1 N–H and O–H groups in total. The van der Waals surface area contributed by atoms with Crippen molar-refractivity contribution in [3.8, 4) is 6.07 Å². The molecule has 3 aromatic rings. The number of nitriles is 1. The molecule has 0 atom stereocenters. The third-order valence-electron chi connectivity index (χ3n) is 3.25. The minimum atomic E-state index is -0.650. The number of H-pyrrole nitrogens is 1. The van der Waals surface area contributed by atoms with Gasteiger partial charge in [0.15, 0.2) is 5.78 Å². The van der Waals surface area contributed by atoms with Crippen LogP contribution in [0.4, 0.5) is 4.39 Å². The second kappa shape index (κ2) is 5.04. The van der Waals surface area contributed by atoms with Gasteiger partial charge in [-0.1, -0.05) is 17.7 Å². The van der Waals surface area contributed by atoms with Gasteiger partial charge in [0, 0.05) is 28.2 Å². The predicted molar refractivity (Wildman–Crippen MR) is 77.9 cm³/mol. The molecule has 0 saturated carbocycles. The van der Waals surface area contributed by atoms with Gasteiger partial charge in [-0.3, -0.25) is 4.79 Å². The number of rotatable bonds is 2. The molecular formula is C16H8ClFN2O. The third kappa shape index (κ3) is 2.18. The average Bonchev–Trinajstić information content (AvgIpc) is 2.93. The van der Waals surface area contributed by atoms with Crippen molar-refractivity contribution in [1.82, 2.24) is 4.98 Å². The van der Waals surface area contributed by atoms with Crippen LogP contribution < -0.4 is 0 Å². The van der Waals surface area contributed by atoms with Crippen molar-refractivity contribution in [2.24, 2.45) is 0 Å². The lowest BCUT2D eigenvalue weighted by Crippen LogP contribution is -2.01. The Morgan fingerprint density at radius 1 is 1.29 bits per heavy atom. The number of aromatic amines is 1. The smallest absolute Gasteiger partial charge is 0.195 e. The van der Waals surface area contributed by atoms with Crippen molar-refractivity contribution in [2.75, 3.05) is 0 Å². The number of hydrogen-bond donors (Lipinski definition) is 1. The zero-order chi connectivity index (χ0) is 15.0. The lowest BCUT2D eigenvalue weighted by molar-refractivity contribution is 0.104. The number of carbonyl (C=O) groups excluding carboxylic acids is 1. The van der Waals surface area contributed by atoms with Crippen molar-refractivity contribution >= 4 is 28.3 Å². The van der Waals surface area contributed by atoms with E-state index in [-0.39, 0.29) is 16.4 Å². The van der Waals surface area contributed by atoms with Crippen LogP contribution in [-0.2, 0) is 0 Å². The van der Waals surface area contributed by atoms with Crippen LogP contribution in [0, 0.1) is 17.1 Å². The fourth-order valence-corrected chi connectivity index (χ4v) is 2.37. The Labute approximate surface area is 124 Å². The molecule has 0 fully saturated rings. The molecule has 0 spiro atoms. The van der Waals surface area contributed by atoms with E-state index in [0.29, 0.717) is 22.0 Å². The van der Waals surface area contributed by atoms with E-state index in [1.54, 1.807) is 18.2 Å². The largest absolute Gasteiger partial charge is 0.360 e. The van der Waals surface area contributed by atoms with Crippen LogP contribution in [0.1, 0.15) is 21.5 Å². The molecule has 3 nitrogen and oxygen atoms in total. The number of hydrogen-bond acceptors (Lipinski definition) is 2. The first kappa shape index (κ1) is 13.3. The number of ketones is 1. The Morgan fingerprint density at radius 2 is 2.10 bits per heavy atom. The summed E-state index contributed by atoms with van der Waals surface area (Å²) in [5.41, 5.74) is 1.60. The van der Waals surface area contributed by atoms with Crippen molar-refractivity contribution in [3.05, 3.63) is 70.1 Å². The number of nitrogens with one attached hydrogen (secondary N) is 1. The molecule has 21 heavy (non-hydrogen) atoms. The van der Waals surface area contributed by atoms with Gasteiger partial charge in [0.05, 0.1) is 16.7 Å². The summed E-state index contributed by atoms with van der Waals surface area (Å²) in [4.78, 5) is 15.5. The van der Waals surface area contributed by atoms with Gasteiger partial charge in [0.2, 0.25) is 0 Å². The fraction of sp³-hybridized carbons (Fsp3) is 0. The van der Waals surface area contributed by atoms with Crippen molar-refractivity contribution in [3.63, 3.8) is 0 Å². The Balaban J connectivity index is 2.18. The maximum Gasteiger partial charge on any atom is 0.195 e. The third-order valence-corrected chi connectivity index (χ3v) is 3.56. The molecule has 1 heterocycles. The molecule has 0 bridgehead atoms. The fourth-order valence-electron chi connectivity index (χ4n) is 2.25. The highest BCUT2D eigenvalue weighted by Crippen LogP contribution is 2.25. The molecule has 0 unspecified atom stereocenters. The normalized spacial score (nSPS) is 10.5. The monoisotopic (exact) mass is 298 g/mol. The Hall–Kier alpha value is -2.64. The highest BCUT2D eigenvalue weighted by molar-refractivity contribution is 6.31. The summed E-state index contributed by atoms with van der Waals surface area (Å²) in [5.74, 6) is -1.01. The average molecular weight is 299 g/mol. The molecule has 2 aromatic carbocycles. The van der Waals surface area contributed by atoms with E-state index in [0.717, 1.165) is 6.07 Å². The van der Waals surface area contributed by atoms with Crippen molar-refractivity contribution in [2.45, 2.75) is 0 Å². The topological polar surface area (TPSA) is 56.6 Å². The summed E-state index contributed by atoms with van der Waals surface area (Å²) < 4.78 is 13.5. The lowest BCUT2D eigenvalue weighted by Gasteiger charge is -2.02. The number of fused-ring (bicyclic) bond motifs is 1. The molecule has 0 aliphatic carbocycles. The van der Waals surface area contributed by atoms with Crippen LogP contribution in [-0.4, -0.2) is 10.8 Å². The molecule has 5 heteroatoms. The van der Waals surface area contributed by atoms with Gasteiger partial charge in [-0.2, -0.15) is 5.26 Å². The van der Waals surface area contributed by atoms with Gasteiger partial charge < -0.3 is 4.98 Å². The molecule has 0 aliphatic rings. The first-order valence-corrected chi connectivity index (χ1v) is 6.49. The van der Waals surface area contributed by atoms with Gasteiger partial charge in [-0.05, 0) is 30.3 Å². The predicted octanol–water partition coefficient (Wildman–Crippen LogP) is 4.06. The van der Waals surface area contributed by atoms with Gasteiger partial charge in [0.25, 0.3) is 0 Å². The summed E-state index contributed by atoms with van der Waals surface area (Å²) in [5, 5.41) is 9.66. The zero-order valence-electron chi connectivity index (χ0n) is 10.7.